The van der Waals surface area contributed by atoms with Gasteiger partial charge in [-0.3, -0.25) is 9.69 Å². The number of aromatic nitrogens is 1. The summed E-state index contributed by atoms with van der Waals surface area (Å²) in [5.74, 6) is 0.704. The van der Waals surface area contributed by atoms with Crippen molar-refractivity contribution in [2.24, 2.45) is 5.92 Å². The Bertz CT molecular complexity index is 842. The number of hydrogen-bond acceptors (Lipinski definition) is 6. The van der Waals surface area contributed by atoms with Crippen LogP contribution in [0.15, 0.2) is 35.8 Å². The summed E-state index contributed by atoms with van der Waals surface area (Å²) in [7, 11) is 0. The second kappa shape index (κ2) is 10.7. The van der Waals surface area contributed by atoms with E-state index in [0.29, 0.717) is 18.8 Å². The van der Waals surface area contributed by atoms with E-state index in [2.05, 4.69) is 15.2 Å². The van der Waals surface area contributed by atoms with Crippen LogP contribution in [-0.4, -0.2) is 59.5 Å². The smallest absolute Gasteiger partial charge is 0.410 e. The maximum atomic E-state index is 12.5. The summed E-state index contributed by atoms with van der Waals surface area (Å²) in [5.41, 5.74) is 0.740. The van der Waals surface area contributed by atoms with Crippen LogP contribution >= 0.6 is 11.3 Å². The van der Waals surface area contributed by atoms with E-state index in [1.165, 1.54) is 6.42 Å². The van der Waals surface area contributed by atoms with Crippen LogP contribution in [0.5, 0.6) is 5.75 Å². The number of thiazole rings is 1. The topological polar surface area (TPSA) is 74.8 Å². The molecule has 166 valence electrons. The summed E-state index contributed by atoms with van der Waals surface area (Å²) in [5, 5.41) is 6.14. The number of benzene rings is 1. The van der Waals surface area contributed by atoms with Gasteiger partial charge in [0.15, 0.2) is 0 Å². The maximum absolute atomic E-state index is 12.5. The number of amides is 2. The Morgan fingerprint density at radius 2 is 1.81 bits per heavy atom. The van der Waals surface area contributed by atoms with E-state index < -0.39 is 0 Å². The van der Waals surface area contributed by atoms with Gasteiger partial charge in [0.2, 0.25) is 5.91 Å². The van der Waals surface area contributed by atoms with Crippen molar-refractivity contribution in [2.45, 2.75) is 38.5 Å². The lowest BCUT2D eigenvalue weighted by molar-refractivity contribution is -0.120. The lowest BCUT2D eigenvalue weighted by atomic mass is 9.88. The Labute approximate surface area is 187 Å². The lowest BCUT2D eigenvalue weighted by Crippen LogP contribution is -2.49. The number of nitrogens with one attached hydrogen (secondary N) is 1. The zero-order valence-corrected chi connectivity index (χ0v) is 18.6. The van der Waals surface area contributed by atoms with Crippen molar-refractivity contribution < 1.29 is 14.3 Å². The van der Waals surface area contributed by atoms with Gasteiger partial charge in [0.1, 0.15) is 5.75 Å². The van der Waals surface area contributed by atoms with Gasteiger partial charge in [-0.1, -0.05) is 19.3 Å². The molecule has 31 heavy (non-hydrogen) atoms. The summed E-state index contributed by atoms with van der Waals surface area (Å²) in [6, 6.07) is 7.05. The van der Waals surface area contributed by atoms with Crippen LogP contribution in [-0.2, 0) is 11.2 Å². The third-order valence-electron chi connectivity index (χ3n) is 6.06. The monoisotopic (exact) mass is 442 g/mol. The molecule has 0 unspecified atom stereocenters. The summed E-state index contributed by atoms with van der Waals surface area (Å²) in [6.45, 7) is 3.96. The first-order chi connectivity index (χ1) is 15.2. The Balaban J connectivity index is 1.19. The van der Waals surface area contributed by atoms with Crippen molar-refractivity contribution >= 4 is 29.0 Å². The van der Waals surface area contributed by atoms with Gasteiger partial charge in [-0.15, -0.1) is 11.3 Å². The van der Waals surface area contributed by atoms with Crippen LogP contribution in [0.1, 0.15) is 37.1 Å². The molecule has 0 radical (unpaired) electrons. The van der Waals surface area contributed by atoms with E-state index in [4.69, 9.17) is 4.74 Å². The van der Waals surface area contributed by atoms with Crippen molar-refractivity contribution in [2.75, 3.05) is 38.0 Å². The van der Waals surface area contributed by atoms with E-state index in [-0.39, 0.29) is 17.9 Å². The number of nitrogens with zero attached hydrogens (tertiary/aromatic N) is 3. The van der Waals surface area contributed by atoms with Crippen molar-refractivity contribution in [1.82, 2.24) is 14.8 Å². The van der Waals surface area contributed by atoms with E-state index in [1.807, 2.05) is 11.6 Å². The van der Waals surface area contributed by atoms with Crippen molar-refractivity contribution in [3.63, 3.8) is 0 Å². The number of anilines is 1. The van der Waals surface area contributed by atoms with Crippen LogP contribution in [0.25, 0.3) is 0 Å². The second-order valence-electron chi connectivity index (χ2n) is 8.22. The van der Waals surface area contributed by atoms with Gasteiger partial charge in [-0.25, -0.2) is 9.78 Å². The van der Waals surface area contributed by atoms with Crippen LogP contribution in [0, 0.1) is 5.92 Å². The predicted molar refractivity (Wildman–Crippen MR) is 122 cm³/mol. The van der Waals surface area contributed by atoms with E-state index >= 15 is 0 Å². The fourth-order valence-corrected chi connectivity index (χ4v) is 4.77. The number of carbonyl (C=O) groups is 2. The van der Waals surface area contributed by atoms with Crippen molar-refractivity contribution in [3.05, 3.63) is 40.8 Å². The lowest BCUT2D eigenvalue weighted by Gasteiger charge is -2.33. The molecule has 4 rings (SSSR count). The van der Waals surface area contributed by atoms with Crippen molar-refractivity contribution in [1.29, 1.82) is 0 Å². The molecule has 2 amide bonds. The summed E-state index contributed by atoms with van der Waals surface area (Å²) in [4.78, 5) is 33.3. The standard InChI is InChI=1S/C23H30N4O3S/c28-22(18-4-2-1-3-5-18)25-19-6-8-20(9-7-19)30-23(29)27-15-13-26(14-16-27)12-10-21-24-11-17-31-21/h6-9,11,17-18H,1-5,10,12-16H2,(H,25,28). The van der Waals surface area contributed by atoms with Gasteiger partial charge in [-0.05, 0) is 37.1 Å². The number of ether oxygens (including phenoxy) is 1. The van der Waals surface area contributed by atoms with Gasteiger partial charge in [0.25, 0.3) is 0 Å². The first kappa shape index (κ1) is 21.8. The third kappa shape index (κ3) is 6.27. The molecule has 1 N–H and O–H groups in total. The summed E-state index contributed by atoms with van der Waals surface area (Å²) in [6.07, 6.45) is 7.90. The highest BCUT2D eigenvalue weighted by molar-refractivity contribution is 7.09. The van der Waals surface area contributed by atoms with Crippen LogP contribution in [0.2, 0.25) is 0 Å². The molecule has 1 aliphatic carbocycles. The molecule has 2 aromatic rings. The van der Waals surface area contributed by atoms with Crippen molar-refractivity contribution in [3.8, 4) is 5.75 Å². The van der Waals surface area contributed by atoms with Gasteiger partial charge < -0.3 is 15.0 Å². The van der Waals surface area contributed by atoms with Gasteiger partial charge in [0.05, 0.1) is 5.01 Å². The third-order valence-corrected chi connectivity index (χ3v) is 6.90. The van der Waals surface area contributed by atoms with Gasteiger partial charge >= 0.3 is 6.09 Å². The minimum Gasteiger partial charge on any atom is -0.410 e. The van der Waals surface area contributed by atoms with Gasteiger partial charge in [-0.2, -0.15) is 0 Å². The molecule has 8 heteroatoms. The molecule has 1 aromatic carbocycles. The van der Waals surface area contributed by atoms with E-state index in [1.54, 1.807) is 40.5 Å². The summed E-state index contributed by atoms with van der Waals surface area (Å²) < 4.78 is 5.53. The molecule has 2 aliphatic rings. The first-order valence-electron chi connectivity index (χ1n) is 11.2. The molecule has 1 aliphatic heterocycles. The highest BCUT2D eigenvalue weighted by Gasteiger charge is 2.23. The molecular weight excluding hydrogens is 412 g/mol. The average molecular weight is 443 g/mol. The first-order valence-corrected chi connectivity index (χ1v) is 12.0. The Morgan fingerprint density at radius 1 is 1.06 bits per heavy atom. The number of carbonyl (C=O) groups excluding carboxylic acids is 2. The van der Waals surface area contributed by atoms with Gasteiger partial charge in [0, 0.05) is 62.3 Å². The molecule has 1 saturated heterocycles. The molecule has 1 aromatic heterocycles. The zero-order valence-electron chi connectivity index (χ0n) is 17.8. The molecule has 2 fully saturated rings. The normalized spacial score (nSPS) is 18.0. The molecular formula is C23H30N4O3S. The maximum Gasteiger partial charge on any atom is 0.415 e. The Kier molecular flexibility index (Phi) is 7.53. The summed E-state index contributed by atoms with van der Waals surface area (Å²) >= 11 is 1.68. The largest absolute Gasteiger partial charge is 0.415 e. The molecule has 0 spiro atoms. The number of rotatable bonds is 6. The molecule has 1 saturated carbocycles. The van der Waals surface area contributed by atoms with Crippen LogP contribution < -0.4 is 10.1 Å². The molecule has 0 bridgehead atoms. The number of hydrogen-bond donors (Lipinski definition) is 1. The molecule has 7 nitrogen and oxygen atoms in total. The average Bonchev–Trinajstić information content (AvgIpc) is 3.33. The SMILES string of the molecule is O=C(Nc1ccc(OC(=O)N2CCN(CCc3nccs3)CC2)cc1)C1CCCCC1. The highest BCUT2D eigenvalue weighted by atomic mass is 32.1. The fourth-order valence-electron chi connectivity index (χ4n) is 4.17. The molecule has 0 atom stereocenters. The van der Waals surface area contributed by atoms with E-state index in [0.717, 1.165) is 62.4 Å². The van der Waals surface area contributed by atoms with Crippen LogP contribution in [0.3, 0.4) is 0 Å². The minimum atomic E-state index is -0.321. The van der Waals surface area contributed by atoms with Crippen LogP contribution in [0.4, 0.5) is 10.5 Å². The fraction of sp³-hybridized carbons (Fsp3) is 0.522. The second-order valence-corrected chi connectivity index (χ2v) is 9.20. The minimum absolute atomic E-state index is 0.0946. The predicted octanol–water partition coefficient (Wildman–Crippen LogP) is 4.02. The number of piperazine rings is 1. The quantitative estimate of drug-likeness (QED) is 0.731. The highest BCUT2D eigenvalue weighted by Crippen LogP contribution is 2.25. The Hall–Kier alpha value is -2.45. The zero-order chi connectivity index (χ0) is 21.5. The molecule has 2 heterocycles. The van der Waals surface area contributed by atoms with E-state index in [9.17, 15) is 9.59 Å². The Morgan fingerprint density at radius 3 is 2.48 bits per heavy atom.